The Labute approximate surface area is 172 Å². The molecule has 1 atom stereocenters. The van der Waals surface area contributed by atoms with Crippen molar-refractivity contribution in [1.82, 2.24) is 4.90 Å². The number of amidine groups is 1. The molecule has 1 amide bonds. The van der Waals surface area contributed by atoms with E-state index in [4.69, 9.17) is 27.9 Å². The number of hydrogen-bond acceptors (Lipinski definition) is 5. The van der Waals surface area contributed by atoms with E-state index in [0.29, 0.717) is 50.8 Å². The summed E-state index contributed by atoms with van der Waals surface area (Å²) in [5, 5.41) is 1.37. The average molecular weight is 427 g/mol. The Hall–Kier alpha value is -1.50. The van der Waals surface area contributed by atoms with Crippen molar-refractivity contribution in [2.24, 2.45) is 10.9 Å². The topological polar surface area (TPSA) is 59.0 Å². The Morgan fingerprint density at radius 1 is 1.37 bits per heavy atom. The summed E-state index contributed by atoms with van der Waals surface area (Å²) in [6, 6.07) is 4.50. The van der Waals surface area contributed by atoms with E-state index in [1.807, 2.05) is 13.8 Å². The van der Waals surface area contributed by atoms with Gasteiger partial charge in [-0.3, -0.25) is 9.69 Å². The predicted molar refractivity (Wildman–Crippen MR) is 109 cm³/mol. The van der Waals surface area contributed by atoms with E-state index in [1.54, 1.807) is 30.0 Å². The van der Waals surface area contributed by atoms with Crippen LogP contribution < -0.4 is 0 Å². The molecular formula is C19H20Cl2N2O3S. The summed E-state index contributed by atoms with van der Waals surface area (Å²) in [6.45, 7) is 5.99. The molecule has 0 N–H and O–H groups in total. The van der Waals surface area contributed by atoms with Gasteiger partial charge in [0.15, 0.2) is 5.17 Å². The molecule has 1 saturated heterocycles. The minimum atomic E-state index is -0.632. The molecular weight excluding hydrogens is 407 g/mol. The van der Waals surface area contributed by atoms with Gasteiger partial charge in [0.1, 0.15) is 0 Å². The summed E-state index contributed by atoms with van der Waals surface area (Å²) in [7, 11) is 0. The highest BCUT2D eigenvalue weighted by molar-refractivity contribution is 8.14. The van der Waals surface area contributed by atoms with Gasteiger partial charge in [-0.05, 0) is 30.5 Å². The Morgan fingerprint density at radius 2 is 2.11 bits per heavy atom. The molecule has 0 aliphatic carbocycles. The van der Waals surface area contributed by atoms with Crippen molar-refractivity contribution in [3.63, 3.8) is 0 Å². The van der Waals surface area contributed by atoms with Gasteiger partial charge < -0.3 is 4.74 Å². The maximum atomic E-state index is 12.9. The first-order valence-electron chi connectivity index (χ1n) is 8.66. The number of nitrogens with zero attached hydrogens (tertiary/aromatic N) is 2. The third-order valence-electron chi connectivity index (χ3n) is 4.23. The molecule has 1 aromatic rings. The summed E-state index contributed by atoms with van der Waals surface area (Å²) >= 11 is 13.8. The van der Waals surface area contributed by atoms with Crippen molar-refractivity contribution in [1.29, 1.82) is 0 Å². The van der Waals surface area contributed by atoms with Crippen LogP contribution in [0, 0.1) is 5.92 Å². The number of esters is 1. The summed E-state index contributed by atoms with van der Waals surface area (Å²) in [5.41, 5.74) is 1.60. The van der Waals surface area contributed by atoms with Gasteiger partial charge in [-0.2, -0.15) is 0 Å². The van der Waals surface area contributed by atoms with E-state index in [1.165, 1.54) is 11.8 Å². The van der Waals surface area contributed by atoms with Gasteiger partial charge in [0.25, 0.3) is 0 Å². The first-order chi connectivity index (χ1) is 12.8. The molecule has 0 saturated carbocycles. The average Bonchev–Trinajstić information content (AvgIpc) is 2.61. The van der Waals surface area contributed by atoms with Crippen LogP contribution in [0.3, 0.4) is 0 Å². The molecule has 27 heavy (non-hydrogen) atoms. The number of ether oxygens (including phenoxy) is 1. The van der Waals surface area contributed by atoms with Crippen LogP contribution >= 0.6 is 35.0 Å². The summed E-state index contributed by atoms with van der Waals surface area (Å²) in [6.07, 6.45) is 0.384. The van der Waals surface area contributed by atoms with Crippen LogP contribution in [0.4, 0.5) is 0 Å². The van der Waals surface area contributed by atoms with Crippen LogP contribution in [-0.2, 0) is 14.3 Å². The van der Waals surface area contributed by atoms with Crippen LogP contribution in [0.2, 0.25) is 10.0 Å². The van der Waals surface area contributed by atoms with Crippen molar-refractivity contribution >= 4 is 52.0 Å². The largest absolute Gasteiger partial charge is 0.462 e. The standard InChI is InChI=1S/C19H20Cl2N2O3S/c1-10(2)9-26-18(25)16-11(3)22-19-23(15(24)6-7-27-19)17(16)12-4-5-13(20)14(21)8-12/h4-5,8,10,17H,6-7,9H2,1-3H3. The normalized spacial score (nSPS) is 19.9. The smallest absolute Gasteiger partial charge is 0.338 e. The molecule has 1 aromatic carbocycles. The molecule has 2 aliphatic rings. The molecule has 3 rings (SSSR count). The zero-order valence-electron chi connectivity index (χ0n) is 15.3. The fourth-order valence-electron chi connectivity index (χ4n) is 2.98. The summed E-state index contributed by atoms with van der Waals surface area (Å²) in [5.74, 6) is 0.324. The van der Waals surface area contributed by atoms with Crippen molar-refractivity contribution in [2.75, 3.05) is 12.4 Å². The maximum absolute atomic E-state index is 12.9. The SMILES string of the molecule is CC1=C(C(=O)OCC(C)C)C(c2ccc(Cl)c(Cl)c2)N2C(=O)CCSC2=N1. The molecule has 144 valence electrons. The highest BCUT2D eigenvalue weighted by atomic mass is 35.5. The predicted octanol–water partition coefficient (Wildman–Crippen LogP) is 4.84. The quantitative estimate of drug-likeness (QED) is 0.645. The lowest BCUT2D eigenvalue weighted by atomic mass is 9.94. The third-order valence-corrected chi connectivity index (χ3v) is 5.93. The monoisotopic (exact) mass is 426 g/mol. The minimum Gasteiger partial charge on any atom is -0.462 e. The number of hydrogen-bond donors (Lipinski definition) is 0. The number of thioether (sulfide) groups is 1. The number of rotatable bonds is 4. The molecule has 1 unspecified atom stereocenters. The third kappa shape index (κ3) is 4.18. The molecule has 0 radical (unpaired) electrons. The zero-order chi connectivity index (χ0) is 19.7. The van der Waals surface area contributed by atoms with Gasteiger partial charge in [0.05, 0.1) is 34.0 Å². The number of amides is 1. The first kappa shape index (κ1) is 20.2. The number of carbonyl (C=O) groups excluding carboxylic acids is 2. The molecule has 2 heterocycles. The van der Waals surface area contributed by atoms with Crippen molar-refractivity contribution < 1.29 is 14.3 Å². The highest BCUT2D eigenvalue weighted by Crippen LogP contribution is 2.41. The lowest BCUT2D eigenvalue weighted by molar-refractivity contribution is -0.141. The van der Waals surface area contributed by atoms with Gasteiger partial charge in [-0.1, -0.05) is 54.9 Å². The molecule has 8 heteroatoms. The number of allylic oxidation sites excluding steroid dienone is 1. The van der Waals surface area contributed by atoms with E-state index in [9.17, 15) is 9.59 Å². The number of aliphatic imine (C=N–C) groups is 1. The van der Waals surface area contributed by atoms with Gasteiger partial charge in [-0.15, -0.1) is 0 Å². The van der Waals surface area contributed by atoms with Crippen LogP contribution in [0.25, 0.3) is 0 Å². The Kier molecular flexibility index (Phi) is 6.18. The molecule has 2 aliphatic heterocycles. The molecule has 1 fully saturated rings. The van der Waals surface area contributed by atoms with Crippen molar-refractivity contribution in [3.05, 3.63) is 45.1 Å². The van der Waals surface area contributed by atoms with Crippen molar-refractivity contribution in [3.8, 4) is 0 Å². The van der Waals surface area contributed by atoms with Crippen LogP contribution in [0.15, 0.2) is 34.5 Å². The first-order valence-corrected chi connectivity index (χ1v) is 10.4. The summed E-state index contributed by atoms with van der Waals surface area (Å²) in [4.78, 5) is 31.7. The second-order valence-electron chi connectivity index (χ2n) is 6.82. The second kappa shape index (κ2) is 8.25. The number of halogens is 2. The minimum absolute atomic E-state index is 0.0785. The van der Waals surface area contributed by atoms with E-state index >= 15 is 0 Å². The Bertz CT molecular complexity index is 851. The van der Waals surface area contributed by atoms with E-state index in [2.05, 4.69) is 4.99 Å². The zero-order valence-corrected chi connectivity index (χ0v) is 17.6. The van der Waals surface area contributed by atoms with Crippen LogP contribution in [0.1, 0.15) is 38.8 Å². The Morgan fingerprint density at radius 3 is 2.78 bits per heavy atom. The molecule has 0 aromatic heterocycles. The van der Waals surface area contributed by atoms with Gasteiger partial charge >= 0.3 is 5.97 Å². The van der Waals surface area contributed by atoms with Crippen molar-refractivity contribution in [2.45, 2.75) is 33.2 Å². The second-order valence-corrected chi connectivity index (χ2v) is 8.70. The number of fused-ring (bicyclic) bond motifs is 1. The van der Waals surface area contributed by atoms with E-state index in [0.717, 1.165) is 0 Å². The highest BCUT2D eigenvalue weighted by Gasteiger charge is 2.41. The fourth-order valence-corrected chi connectivity index (χ4v) is 4.29. The molecule has 0 spiro atoms. The summed E-state index contributed by atoms with van der Waals surface area (Å²) < 4.78 is 5.46. The van der Waals surface area contributed by atoms with Gasteiger partial charge in [0.2, 0.25) is 5.91 Å². The van der Waals surface area contributed by atoms with Crippen LogP contribution in [-0.4, -0.2) is 34.3 Å². The van der Waals surface area contributed by atoms with E-state index in [-0.39, 0.29) is 11.8 Å². The van der Waals surface area contributed by atoms with Crippen LogP contribution in [0.5, 0.6) is 0 Å². The fraction of sp³-hybridized carbons (Fsp3) is 0.421. The molecule has 0 bridgehead atoms. The maximum Gasteiger partial charge on any atom is 0.338 e. The number of carbonyl (C=O) groups is 2. The van der Waals surface area contributed by atoms with Gasteiger partial charge in [0, 0.05) is 12.2 Å². The van der Waals surface area contributed by atoms with E-state index < -0.39 is 12.0 Å². The lowest BCUT2D eigenvalue weighted by Gasteiger charge is -2.39. The van der Waals surface area contributed by atoms with Gasteiger partial charge in [-0.25, -0.2) is 9.79 Å². The lowest BCUT2D eigenvalue weighted by Crippen LogP contribution is -2.45. The number of benzene rings is 1. The molecule has 5 nitrogen and oxygen atoms in total. The Balaban J connectivity index is 2.10.